The summed E-state index contributed by atoms with van der Waals surface area (Å²) >= 11 is 0. The number of nitrogens with zero attached hydrogens (tertiary/aromatic N) is 2. The molecule has 7 heteroatoms. The van der Waals surface area contributed by atoms with Crippen molar-refractivity contribution >= 4 is 5.95 Å². The Hall–Kier alpha value is -2.96. The van der Waals surface area contributed by atoms with E-state index in [2.05, 4.69) is 15.3 Å². The molecule has 0 aliphatic rings. The van der Waals surface area contributed by atoms with Crippen molar-refractivity contribution in [1.29, 1.82) is 0 Å². The molecule has 134 valence electrons. The SMILES string of the molecule is CC(Nc1nc(-c2ccc(F)cc2)cc(C(F)(F)F)n1)c1ccccc1. The quantitative estimate of drug-likeness (QED) is 0.626. The van der Waals surface area contributed by atoms with Crippen molar-refractivity contribution in [2.75, 3.05) is 5.32 Å². The van der Waals surface area contributed by atoms with Crippen molar-refractivity contribution in [3.8, 4) is 11.3 Å². The van der Waals surface area contributed by atoms with Crippen LogP contribution < -0.4 is 5.32 Å². The van der Waals surface area contributed by atoms with E-state index in [0.717, 1.165) is 11.6 Å². The normalized spacial score (nSPS) is 12.7. The molecular formula is C19H15F4N3. The number of nitrogens with one attached hydrogen (secondary N) is 1. The zero-order chi connectivity index (χ0) is 18.7. The van der Waals surface area contributed by atoms with E-state index in [1.54, 1.807) is 6.92 Å². The molecule has 3 rings (SSSR count). The lowest BCUT2D eigenvalue weighted by Crippen LogP contribution is -2.14. The third kappa shape index (κ3) is 4.17. The molecule has 3 nitrogen and oxygen atoms in total. The van der Waals surface area contributed by atoms with Crippen molar-refractivity contribution in [2.24, 2.45) is 0 Å². The van der Waals surface area contributed by atoms with Crippen LogP contribution in [-0.4, -0.2) is 9.97 Å². The first kappa shape index (κ1) is 17.8. The molecule has 0 saturated heterocycles. The fourth-order valence-corrected chi connectivity index (χ4v) is 2.44. The summed E-state index contributed by atoms with van der Waals surface area (Å²) in [6, 6.07) is 14.9. The third-order valence-electron chi connectivity index (χ3n) is 3.80. The summed E-state index contributed by atoms with van der Waals surface area (Å²) in [5.74, 6) is -0.620. The van der Waals surface area contributed by atoms with Crippen LogP contribution in [0.15, 0.2) is 60.7 Å². The minimum Gasteiger partial charge on any atom is -0.348 e. The molecule has 26 heavy (non-hydrogen) atoms. The molecule has 0 aliphatic carbocycles. The van der Waals surface area contributed by atoms with Gasteiger partial charge in [0.1, 0.15) is 5.82 Å². The summed E-state index contributed by atoms with van der Waals surface area (Å²) < 4.78 is 52.7. The third-order valence-corrected chi connectivity index (χ3v) is 3.80. The first-order chi connectivity index (χ1) is 12.3. The minimum atomic E-state index is -4.62. The van der Waals surface area contributed by atoms with Gasteiger partial charge in [-0.25, -0.2) is 14.4 Å². The number of benzene rings is 2. The monoisotopic (exact) mass is 361 g/mol. The second kappa shape index (κ2) is 7.11. The average molecular weight is 361 g/mol. The van der Waals surface area contributed by atoms with Gasteiger partial charge in [0.15, 0.2) is 5.69 Å². The minimum absolute atomic E-state index is 0.0649. The molecule has 1 N–H and O–H groups in total. The van der Waals surface area contributed by atoms with Crippen LogP contribution in [0.25, 0.3) is 11.3 Å². The predicted octanol–water partition coefficient (Wildman–Crippen LogP) is 5.47. The van der Waals surface area contributed by atoms with Crippen LogP contribution in [0.4, 0.5) is 23.5 Å². The fraction of sp³-hybridized carbons (Fsp3) is 0.158. The Balaban J connectivity index is 1.99. The van der Waals surface area contributed by atoms with E-state index >= 15 is 0 Å². The van der Waals surface area contributed by atoms with Gasteiger partial charge in [0.2, 0.25) is 5.95 Å². The number of halogens is 4. The number of hydrogen-bond donors (Lipinski definition) is 1. The van der Waals surface area contributed by atoms with E-state index < -0.39 is 17.7 Å². The van der Waals surface area contributed by atoms with Gasteiger partial charge in [-0.1, -0.05) is 30.3 Å². The molecule has 2 aromatic carbocycles. The highest BCUT2D eigenvalue weighted by molar-refractivity contribution is 5.61. The van der Waals surface area contributed by atoms with Gasteiger partial charge in [-0.15, -0.1) is 0 Å². The van der Waals surface area contributed by atoms with Gasteiger partial charge in [0.25, 0.3) is 0 Å². The van der Waals surface area contributed by atoms with Crippen molar-refractivity contribution in [3.05, 3.63) is 77.7 Å². The van der Waals surface area contributed by atoms with Crippen LogP contribution in [0.2, 0.25) is 0 Å². The highest BCUT2D eigenvalue weighted by atomic mass is 19.4. The second-order valence-electron chi connectivity index (χ2n) is 5.74. The van der Waals surface area contributed by atoms with E-state index in [0.29, 0.717) is 5.56 Å². The molecular weight excluding hydrogens is 346 g/mol. The Morgan fingerprint density at radius 3 is 2.19 bits per heavy atom. The van der Waals surface area contributed by atoms with Crippen LogP contribution >= 0.6 is 0 Å². The summed E-state index contributed by atoms with van der Waals surface area (Å²) in [5, 5.41) is 2.90. The predicted molar refractivity (Wildman–Crippen MR) is 90.9 cm³/mol. The smallest absolute Gasteiger partial charge is 0.348 e. The van der Waals surface area contributed by atoms with Gasteiger partial charge in [0.05, 0.1) is 11.7 Å². The van der Waals surface area contributed by atoms with Crippen LogP contribution in [0.5, 0.6) is 0 Å². The molecule has 0 saturated carbocycles. The second-order valence-corrected chi connectivity index (χ2v) is 5.74. The maximum atomic E-state index is 13.2. The highest BCUT2D eigenvalue weighted by Crippen LogP contribution is 2.31. The molecule has 0 fully saturated rings. The zero-order valence-corrected chi connectivity index (χ0v) is 13.8. The number of rotatable bonds is 4. The van der Waals surface area contributed by atoms with Gasteiger partial charge in [-0.3, -0.25) is 0 Å². The molecule has 1 unspecified atom stereocenters. The largest absolute Gasteiger partial charge is 0.433 e. The molecule has 0 bridgehead atoms. The summed E-state index contributed by atoms with van der Waals surface area (Å²) in [6.45, 7) is 1.80. The molecule has 1 heterocycles. The van der Waals surface area contributed by atoms with Gasteiger partial charge < -0.3 is 5.32 Å². The summed E-state index contributed by atoms with van der Waals surface area (Å²) in [4.78, 5) is 7.76. The van der Waals surface area contributed by atoms with E-state index in [1.807, 2.05) is 30.3 Å². The van der Waals surface area contributed by atoms with Crippen LogP contribution in [0.1, 0.15) is 24.2 Å². The van der Waals surface area contributed by atoms with E-state index in [1.165, 1.54) is 24.3 Å². The van der Waals surface area contributed by atoms with Crippen LogP contribution in [0.3, 0.4) is 0 Å². The van der Waals surface area contributed by atoms with Gasteiger partial charge in [0, 0.05) is 5.56 Å². The first-order valence-corrected chi connectivity index (χ1v) is 7.86. The van der Waals surface area contributed by atoms with Crippen molar-refractivity contribution in [1.82, 2.24) is 9.97 Å². The molecule has 1 aromatic heterocycles. The molecule has 1 atom stereocenters. The molecule has 0 spiro atoms. The van der Waals surface area contributed by atoms with Gasteiger partial charge >= 0.3 is 6.18 Å². The molecule has 3 aromatic rings. The first-order valence-electron chi connectivity index (χ1n) is 7.86. The Morgan fingerprint density at radius 2 is 1.58 bits per heavy atom. The summed E-state index contributed by atoms with van der Waals surface area (Å²) in [5.41, 5.74) is 0.260. The zero-order valence-electron chi connectivity index (χ0n) is 13.8. The lowest BCUT2D eigenvalue weighted by atomic mass is 10.1. The van der Waals surface area contributed by atoms with E-state index in [4.69, 9.17) is 0 Å². The van der Waals surface area contributed by atoms with Crippen LogP contribution in [0, 0.1) is 5.82 Å². The Morgan fingerprint density at radius 1 is 0.923 bits per heavy atom. The van der Waals surface area contributed by atoms with Crippen molar-refractivity contribution < 1.29 is 17.6 Å². The average Bonchev–Trinajstić information content (AvgIpc) is 2.62. The van der Waals surface area contributed by atoms with Crippen LogP contribution in [-0.2, 0) is 6.18 Å². The molecule has 0 radical (unpaired) electrons. The topological polar surface area (TPSA) is 37.8 Å². The Kier molecular flexibility index (Phi) is 4.88. The van der Waals surface area contributed by atoms with Crippen molar-refractivity contribution in [2.45, 2.75) is 19.1 Å². The Bertz CT molecular complexity index is 878. The highest BCUT2D eigenvalue weighted by Gasteiger charge is 2.34. The number of aromatic nitrogens is 2. The standard InChI is InChI=1S/C19H15F4N3/c1-12(13-5-3-2-4-6-13)24-18-25-16(11-17(26-18)19(21,22)23)14-7-9-15(20)10-8-14/h2-12H,1H3,(H,24,25,26). The lowest BCUT2D eigenvalue weighted by molar-refractivity contribution is -0.141. The summed E-state index contributed by atoms with van der Waals surface area (Å²) in [6.07, 6.45) is -4.62. The summed E-state index contributed by atoms with van der Waals surface area (Å²) in [7, 11) is 0. The number of hydrogen-bond acceptors (Lipinski definition) is 3. The van der Waals surface area contributed by atoms with Gasteiger partial charge in [-0.05, 0) is 42.8 Å². The van der Waals surface area contributed by atoms with Gasteiger partial charge in [-0.2, -0.15) is 13.2 Å². The maximum absolute atomic E-state index is 13.2. The maximum Gasteiger partial charge on any atom is 0.433 e. The molecule has 0 amide bonds. The van der Waals surface area contributed by atoms with E-state index in [9.17, 15) is 17.6 Å². The number of alkyl halides is 3. The molecule has 0 aliphatic heterocycles. The van der Waals surface area contributed by atoms with Crippen molar-refractivity contribution in [3.63, 3.8) is 0 Å². The van der Waals surface area contributed by atoms with E-state index in [-0.39, 0.29) is 17.7 Å². The lowest BCUT2D eigenvalue weighted by Gasteiger charge is -2.16. The number of anilines is 1. The Labute approximate surface area is 147 Å². The fourth-order valence-electron chi connectivity index (χ4n) is 2.44.